The van der Waals surface area contributed by atoms with Crippen molar-refractivity contribution in [1.29, 1.82) is 0 Å². The van der Waals surface area contributed by atoms with Crippen LogP contribution in [0.4, 0.5) is 0 Å². The van der Waals surface area contributed by atoms with Gasteiger partial charge in [0, 0.05) is 10.5 Å². The van der Waals surface area contributed by atoms with E-state index in [0.717, 1.165) is 23.7 Å². The van der Waals surface area contributed by atoms with Crippen LogP contribution in [0.3, 0.4) is 0 Å². The average molecular weight is 298 g/mol. The van der Waals surface area contributed by atoms with Gasteiger partial charge in [-0.3, -0.25) is 4.79 Å². The van der Waals surface area contributed by atoms with E-state index in [9.17, 15) is 9.90 Å². The Labute approximate surface area is 109 Å². The molecule has 1 aromatic rings. The van der Waals surface area contributed by atoms with Gasteiger partial charge in [-0.15, -0.1) is 0 Å². The molecule has 4 heteroatoms. The summed E-state index contributed by atoms with van der Waals surface area (Å²) in [5, 5.41) is 12.6. The molecule has 1 aromatic carbocycles. The Morgan fingerprint density at radius 3 is 3.00 bits per heavy atom. The van der Waals surface area contributed by atoms with Crippen LogP contribution in [0, 0.1) is 5.92 Å². The second kappa shape index (κ2) is 5.08. The van der Waals surface area contributed by atoms with Crippen LogP contribution in [-0.4, -0.2) is 17.1 Å². The summed E-state index contributed by atoms with van der Waals surface area (Å²) in [7, 11) is 0. The summed E-state index contributed by atoms with van der Waals surface area (Å²) in [6, 6.07) is 5.22. The van der Waals surface area contributed by atoms with Crippen LogP contribution in [0.5, 0.6) is 5.75 Å². The van der Waals surface area contributed by atoms with E-state index in [4.69, 9.17) is 0 Å². The molecule has 0 radical (unpaired) electrons. The lowest BCUT2D eigenvalue weighted by atomic mass is 10.2. The van der Waals surface area contributed by atoms with Gasteiger partial charge in [0.25, 0.3) is 5.91 Å². The number of aromatic hydroxyl groups is 1. The zero-order valence-electron chi connectivity index (χ0n) is 9.74. The minimum Gasteiger partial charge on any atom is -0.507 e. The van der Waals surface area contributed by atoms with Crippen molar-refractivity contribution in [3.8, 4) is 5.75 Å². The van der Waals surface area contributed by atoms with Gasteiger partial charge in [-0.2, -0.15) is 0 Å². The molecular formula is C13H16BrNO2. The molecule has 0 bridgehead atoms. The summed E-state index contributed by atoms with van der Waals surface area (Å²) in [4.78, 5) is 11.9. The van der Waals surface area contributed by atoms with E-state index in [1.54, 1.807) is 12.1 Å². The van der Waals surface area contributed by atoms with Gasteiger partial charge in [0.1, 0.15) is 5.75 Å². The highest BCUT2D eigenvalue weighted by Gasteiger charge is 2.37. The fourth-order valence-electron chi connectivity index (χ4n) is 2.06. The normalized spacial score (nSPS) is 22.2. The Hall–Kier alpha value is -1.03. The number of rotatable bonds is 4. The molecule has 92 valence electrons. The number of benzene rings is 1. The number of phenols is 1. The third-order valence-electron chi connectivity index (χ3n) is 3.10. The van der Waals surface area contributed by atoms with Gasteiger partial charge in [0.15, 0.2) is 0 Å². The first kappa shape index (κ1) is 12.4. The average Bonchev–Trinajstić information content (AvgIpc) is 2.96. The monoisotopic (exact) mass is 297 g/mol. The van der Waals surface area contributed by atoms with Crippen molar-refractivity contribution in [3.05, 3.63) is 28.2 Å². The van der Waals surface area contributed by atoms with Gasteiger partial charge in [0.05, 0.1) is 5.56 Å². The molecule has 1 amide bonds. The van der Waals surface area contributed by atoms with E-state index in [2.05, 4.69) is 28.2 Å². The van der Waals surface area contributed by atoms with Gasteiger partial charge >= 0.3 is 0 Å². The van der Waals surface area contributed by atoms with Crippen molar-refractivity contribution in [1.82, 2.24) is 5.32 Å². The minimum absolute atomic E-state index is 0.0181. The molecular weight excluding hydrogens is 282 g/mol. The highest BCUT2D eigenvalue weighted by atomic mass is 79.9. The van der Waals surface area contributed by atoms with Crippen LogP contribution in [0.1, 0.15) is 36.5 Å². The number of nitrogens with one attached hydrogen (secondary N) is 1. The number of carbonyl (C=O) groups excluding carboxylic acids is 1. The van der Waals surface area contributed by atoms with Gasteiger partial charge in [-0.1, -0.05) is 29.3 Å². The predicted octanol–water partition coefficient (Wildman–Crippen LogP) is 3.07. The maximum absolute atomic E-state index is 11.9. The Kier molecular flexibility index (Phi) is 3.72. The Bertz CT molecular complexity index is 433. The van der Waals surface area contributed by atoms with Crippen molar-refractivity contribution in [2.24, 2.45) is 5.92 Å². The van der Waals surface area contributed by atoms with E-state index in [0.29, 0.717) is 17.5 Å². The Balaban J connectivity index is 1.96. The van der Waals surface area contributed by atoms with E-state index in [-0.39, 0.29) is 11.7 Å². The first-order valence-corrected chi connectivity index (χ1v) is 6.70. The first-order valence-electron chi connectivity index (χ1n) is 5.91. The molecule has 1 saturated carbocycles. The van der Waals surface area contributed by atoms with Crippen LogP contribution in [0.25, 0.3) is 0 Å². The summed E-state index contributed by atoms with van der Waals surface area (Å²) in [6.45, 7) is 2.15. The zero-order valence-corrected chi connectivity index (χ0v) is 11.3. The van der Waals surface area contributed by atoms with Crippen molar-refractivity contribution < 1.29 is 9.90 Å². The molecule has 17 heavy (non-hydrogen) atoms. The third kappa shape index (κ3) is 3.00. The second-order valence-corrected chi connectivity index (χ2v) is 5.44. The maximum Gasteiger partial charge on any atom is 0.255 e. The van der Waals surface area contributed by atoms with Crippen LogP contribution in [-0.2, 0) is 0 Å². The molecule has 1 aliphatic carbocycles. The van der Waals surface area contributed by atoms with E-state index in [1.807, 2.05) is 0 Å². The van der Waals surface area contributed by atoms with E-state index < -0.39 is 0 Å². The molecule has 2 unspecified atom stereocenters. The van der Waals surface area contributed by atoms with E-state index in [1.165, 1.54) is 6.07 Å². The van der Waals surface area contributed by atoms with Crippen molar-refractivity contribution in [2.75, 3.05) is 0 Å². The Morgan fingerprint density at radius 1 is 1.59 bits per heavy atom. The molecule has 0 aliphatic heterocycles. The largest absolute Gasteiger partial charge is 0.507 e. The first-order chi connectivity index (χ1) is 8.11. The molecule has 2 N–H and O–H groups in total. The van der Waals surface area contributed by atoms with Crippen molar-refractivity contribution >= 4 is 21.8 Å². The molecule has 0 heterocycles. The molecule has 1 aliphatic rings. The van der Waals surface area contributed by atoms with Crippen LogP contribution in [0.2, 0.25) is 0 Å². The SMILES string of the molecule is CCCC1CC1NC(=O)c1ccc(Br)cc1O. The number of phenolic OH excluding ortho intramolecular Hbond substituents is 1. The van der Waals surface area contributed by atoms with Crippen LogP contribution < -0.4 is 5.32 Å². The lowest BCUT2D eigenvalue weighted by Gasteiger charge is -2.06. The summed E-state index contributed by atoms with van der Waals surface area (Å²) in [6.07, 6.45) is 3.38. The molecule has 0 spiro atoms. The third-order valence-corrected chi connectivity index (χ3v) is 3.60. The number of hydrogen-bond donors (Lipinski definition) is 2. The highest BCUT2D eigenvalue weighted by Crippen LogP contribution is 2.35. The maximum atomic E-state index is 11.9. The number of hydrogen-bond acceptors (Lipinski definition) is 2. The number of halogens is 1. The quantitative estimate of drug-likeness (QED) is 0.897. The van der Waals surface area contributed by atoms with Crippen LogP contribution >= 0.6 is 15.9 Å². The summed E-state index contributed by atoms with van der Waals surface area (Å²) in [5.74, 6) is 0.463. The lowest BCUT2D eigenvalue weighted by molar-refractivity contribution is 0.0946. The van der Waals surface area contributed by atoms with Crippen molar-refractivity contribution in [3.63, 3.8) is 0 Å². The van der Waals surface area contributed by atoms with Gasteiger partial charge in [0.2, 0.25) is 0 Å². The Morgan fingerprint density at radius 2 is 2.35 bits per heavy atom. The smallest absolute Gasteiger partial charge is 0.255 e. The molecule has 2 rings (SSSR count). The second-order valence-electron chi connectivity index (χ2n) is 4.53. The molecule has 0 saturated heterocycles. The number of amides is 1. The fraction of sp³-hybridized carbons (Fsp3) is 0.462. The number of carbonyl (C=O) groups is 1. The molecule has 1 fully saturated rings. The summed E-state index contributed by atoms with van der Waals surface area (Å²) >= 11 is 3.25. The van der Waals surface area contributed by atoms with Gasteiger partial charge < -0.3 is 10.4 Å². The fourth-order valence-corrected chi connectivity index (χ4v) is 2.41. The van der Waals surface area contributed by atoms with E-state index >= 15 is 0 Å². The van der Waals surface area contributed by atoms with Crippen LogP contribution in [0.15, 0.2) is 22.7 Å². The zero-order chi connectivity index (χ0) is 12.4. The molecule has 2 atom stereocenters. The highest BCUT2D eigenvalue weighted by molar-refractivity contribution is 9.10. The lowest BCUT2D eigenvalue weighted by Crippen LogP contribution is -2.26. The predicted molar refractivity (Wildman–Crippen MR) is 70.1 cm³/mol. The summed E-state index contributed by atoms with van der Waals surface area (Å²) < 4.78 is 0.766. The minimum atomic E-state index is -0.182. The molecule has 3 nitrogen and oxygen atoms in total. The standard InChI is InChI=1S/C13H16BrNO2/c1-2-3-8-6-11(8)15-13(17)10-5-4-9(14)7-12(10)16/h4-5,7-8,11,16H,2-3,6H2,1H3,(H,15,17). The van der Waals surface area contributed by atoms with Crippen molar-refractivity contribution in [2.45, 2.75) is 32.2 Å². The van der Waals surface area contributed by atoms with Gasteiger partial charge in [-0.25, -0.2) is 0 Å². The topological polar surface area (TPSA) is 49.3 Å². The van der Waals surface area contributed by atoms with Gasteiger partial charge in [-0.05, 0) is 37.0 Å². The summed E-state index contributed by atoms with van der Waals surface area (Å²) in [5.41, 5.74) is 0.343. The molecule has 0 aromatic heterocycles.